The van der Waals surface area contributed by atoms with E-state index in [9.17, 15) is 0 Å². The summed E-state index contributed by atoms with van der Waals surface area (Å²) in [5.41, 5.74) is 2.63. The van der Waals surface area contributed by atoms with Gasteiger partial charge in [0, 0.05) is 26.2 Å². The van der Waals surface area contributed by atoms with Gasteiger partial charge in [-0.25, -0.2) is 4.98 Å². The average Bonchev–Trinajstić information content (AvgIpc) is 2.46. The molecule has 1 aromatic carbocycles. The Morgan fingerprint density at radius 3 is 2.63 bits per heavy atom. The van der Waals surface area contributed by atoms with Crippen molar-refractivity contribution in [2.45, 2.75) is 0 Å². The number of para-hydroxylation sites is 2. The second-order valence-corrected chi connectivity index (χ2v) is 4.79. The van der Waals surface area contributed by atoms with E-state index in [0.717, 1.165) is 42.9 Å². The number of hydrogen-bond acceptors (Lipinski definition) is 5. The molecule has 0 atom stereocenters. The Balaban J connectivity index is 1.74. The van der Waals surface area contributed by atoms with Crippen LogP contribution in [0.2, 0.25) is 0 Å². The summed E-state index contributed by atoms with van der Waals surface area (Å²) in [5, 5.41) is 6.55. The number of fused-ring (bicyclic) bond motifs is 1. The summed E-state index contributed by atoms with van der Waals surface area (Å²) in [6.07, 6.45) is 3.56. The molecule has 0 aliphatic carbocycles. The highest BCUT2D eigenvalue weighted by Gasteiger charge is 2.10. The van der Waals surface area contributed by atoms with Crippen molar-refractivity contribution in [3.05, 3.63) is 36.2 Å². The van der Waals surface area contributed by atoms with Gasteiger partial charge in [0.1, 0.15) is 5.69 Å². The minimum Gasteiger partial charge on any atom is -0.303 e. The number of likely N-dealkylation sites (N-methyl/N-ethyl adjacent to an activating group) is 1. The molecule has 0 bridgehead atoms. The fraction of sp³-hybridized carbons (Fsp3) is 0.357. The van der Waals surface area contributed by atoms with Crippen molar-refractivity contribution in [3.8, 4) is 0 Å². The zero-order valence-corrected chi connectivity index (χ0v) is 11.0. The van der Waals surface area contributed by atoms with Crippen LogP contribution in [-0.4, -0.2) is 59.3 Å². The molecule has 0 unspecified atom stereocenters. The van der Waals surface area contributed by atoms with Gasteiger partial charge in [0.15, 0.2) is 0 Å². The second kappa shape index (κ2) is 5.32. The lowest BCUT2D eigenvalue weighted by atomic mass is 10.3. The predicted molar refractivity (Wildman–Crippen MR) is 76.2 cm³/mol. The van der Waals surface area contributed by atoms with Crippen LogP contribution in [0.4, 0.5) is 0 Å². The summed E-state index contributed by atoms with van der Waals surface area (Å²) < 4.78 is 0. The molecule has 1 aliphatic rings. The van der Waals surface area contributed by atoms with E-state index in [1.807, 2.05) is 24.3 Å². The molecule has 98 valence electrons. The van der Waals surface area contributed by atoms with Gasteiger partial charge in [-0.1, -0.05) is 12.1 Å². The van der Waals surface area contributed by atoms with Crippen molar-refractivity contribution in [3.63, 3.8) is 0 Å². The Morgan fingerprint density at radius 2 is 1.84 bits per heavy atom. The molecular weight excluding hydrogens is 238 g/mol. The first-order valence-corrected chi connectivity index (χ1v) is 6.50. The Labute approximate surface area is 112 Å². The number of piperazine rings is 1. The molecule has 0 saturated carbocycles. The highest BCUT2D eigenvalue weighted by atomic mass is 15.5. The predicted octanol–water partition coefficient (Wildman–Crippen LogP) is 1.21. The van der Waals surface area contributed by atoms with Crippen molar-refractivity contribution in [1.82, 2.24) is 19.9 Å². The smallest absolute Gasteiger partial charge is 0.102 e. The third kappa shape index (κ3) is 2.88. The van der Waals surface area contributed by atoms with Gasteiger partial charge in [-0.15, -0.1) is 0 Å². The topological polar surface area (TPSA) is 44.6 Å². The van der Waals surface area contributed by atoms with Gasteiger partial charge >= 0.3 is 0 Å². The molecule has 0 spiro atoms. The maximum atomic E-state index is 4.53. The molecule has 0 radical (unpaired) electrons. The third-order valence-corrected chi connectivity index (χ3v) is 3.30. The lowest BCUT2D eigenvalue weighted by Gasteiger charge is -2.30. The molecule has 1 fully saturated rings. The lowest BCUT2D eigenvalue weighted by Crippen LogP contribution is -2.41. The van der Waals surface area contributed by atoms with E-state index >= 15 is 0 Å². The average molecular weight is 255 g/mol. The first-order chi connectivity index (χ1) is 9.31. The van der Waals surface area contributed by atoms with Crippen molar-refractivity contribution >= 4 is 17.2 Å². The fourth-order valence-corrected chi connectivity index (χ4v) is 2.09. The molecular formula is C14H17N5. The Morgan fingerprint density at radius 1 is 1.11 bits per heavy atom. The van der Waals surface area contributed by atoms with E-state index in [-0.39, 0.29) is 0 Å². The molecule has 3 rings (SSSR count). The van der Waals surface area contributed by atoms with Crippen LogP contribution in [0, 0.1) is 0 Å². The zero-order chi connectivity index (χ0) is 13.1. The normalized spacial score (nSPS) is 17.4. The summed E-state index contributed by atoms with van der Waals surface area (Å²) in [6.45, 7) is 4.05. The minimum absolute atomic E-state index is 0.803. The number of hydrazone groups is 1. The standard InChI is InChI=1S/C14H17N5/c1-18-6-8-19(9-7-18)16-11-12-10-15-13-4-2-3-5-14(13)17-12/h2-5,10-11H,6-9H2,1H3/b16-11-. The highest BCUT2D eigenvalue weighted by Crippen LogP contribution is 2.07. The van der Waals surface area contributed by atoms with E-state index in [4.69, 9.17) is 0 Å². The van der Waals surface area contributed by atoms with Gasteiger partial charge in [0.2, 0.25) is 0 Å². The molecule has 19 heavy (non-hydrogen) atoms. The highest BCUT2D eigenvalue weighted by molar-refractivity contribution is 5.81. The van der Waals surface area contributed by atoms with Gasteiger partial charge in [0.25, 0.3) is 0 Å². The van der Waals surface area contributed by atoms with Gasteiger partial charge in [-0.05, 0) is 19.2 Å². The molecule has 0 amide bonds. The van der Waals surface area contributed by atoms with Crippen LogP contribution in [0.15, 0.2) is 35.6 Å². The molecule has 5 heteroatoms. The Bertz CT molecular complexity index is 587. The monoisotopic (exact) mass is 255 g/mol. The first kappa shape index (κ1) is 12.0. The molecule has 5 nitrogen and oxygen atoms in total. The summed E-state index contributed by atoms with van der Waals surface area (Å²) in [7, 11) is 2.13. The van der Waals surface area contributed by atoms with Gasteiger partial charge in [0.05, 0.1) is 23.4 Å². The van der Waals surface area contributed by atoms with E-state index in [1.54, 1.807) is 12.4 Å². The number of nitrogens with zero attached hydrogens (tertiary/aromatic N) is 5. The maximum absolute atomic E-state index is 4.53. The zero-order valence-electron chi connectivity index (χ0n) is 11.0. The largest absolute Gasteiger partial charge is 0.303 e. The first-order valence-electron chi connectivity index (χ1n) is 6.50. The van der Waals surface area contributed by atoms with Crippen LogP contribution in [0.25, 0.3) is 11.0 Å². The van der Waals surface area contributed by atoms with Crippen molar-refractivity contribution in [2.24, 2.45) is 5.10 Å². The summed E-state index contributed by atoms with van der Waals surface area (Å²) in [6, 6.07) is 7.87. The summed E-state index contributed by atoms with van der Waals surface area (Å²) >= 11 is 0. The maximum Gasteiger partial charge on any atom is 0.102 e. The SMILES string of the molecule is CN1CCN(/N=C\c2cnc3ccccc3n2)CC1. The molecule has 1 aliphatic heterocycles. The van der Waals surface area contributed by atoms with Crippen molar-refractivity contribution in [1.29, 1.82) is 0 Å². The molecule has 1 saturated heterocycles. The Hall–Kier alpha value is -2.01. The second-order valence-electron chi connectivity index (χ2n) is 4.79. The quantitative estimate of drug-likeness (QED) is 0.757. The van der Waals surface area contributed by atoms with Crippen LogP contribution in [-0.2, 0) is 0 Å². The molecule has 0 N–H and O–H groups in total. The molecule has 2 aromatic rings. The minimum atomic E-state index is 0.803. The van der Waals surface area contributed by atoms with Crippen molar-refractivity contribution < 1.29 is 0 Å². The molecule has 2 heterocycles. The lowest BCUT2D eigenvalue weighted by molar-refractivity contribution is 0.159. The van der Waals surface area contributed by atoms with Gasteiger partial charge in [-0.2, -0.15) is 5.10 Å². The van der Waals surface area contributed by atoms with E-state index < -0.39 is 0 Å². The Kier molecular flexibility index (Phi) is 3.37. The van der Waals surface area contributed by atoms with E-state index in [1.165, 1.54) is 0 Å². The van der Waals surface area contributed by atoms with Gasteiger partial charge in [-0.3, -0.25) is 9.99 Å². The van der Waals surface area contributed by atoms with E-state index in [0.29, 0.717) is 0 Å². The number of hydrogen-bond donors (Lipinski definition) is 0. The van der Waals surface area contributed by atoms with Crippen LogP contribution < -0.4 is 0 Å². The summed E-state index contributed by atoms with van der Waals surface area (Å²) in [4.78, 5) is 11.2. The summed E-state index contributed by atoms with van der Waals surface area (Å²) in [5.74, 6) is 0. The fourth-order valence-electron chi connectivity index (χ4n) is 2.09. The number of benzene rings is 1. The number of rotatable bonds is 2. The number of aromatic nitrogens is 2. The van der Waals surface area contributed by atoms with Crippen LogP contribution >= 0.6 is 0 Å². The van der Waals surface area contributed by atoms with E-state index in [2.05, 4.69) is 32.0 Å². The van der Waals surface area contributed by atoms with Crippen molar-refractivity contribution in [2.75, 3.05) is 33.2 Å². The van der Waals surface area contributed by atoms with Crippen LogP contribution in [0.5, 0.6) is 0 Å². The molecule has 1 aromatic heterocycles. The van der Waals surface area contributed by atoms with Gasteiger partial charge < -0.3 is 4.90 Å². The third-order valence-electron chi connectivity index (χ3n) is 3.30. The van der Waals surface area contributed by atoms with Crippen LogP contribution in [0.3, 0.4) is 0 Å². The van der Waals surface area contributed by atoms with Crippen LogP contribution in [0.1, 0.15) is 5.69 Å².